The molecule has 3 aromatic heterocycles. The number of rotatable bonds is 6. The van der Waals surface area contributed by atoms with E-state index in [1.807, 2.05) is 25.5 Å². The molecule has 0 radical (unpaired) electrons. The zero-order valence-corrected chi connectivity index (χ0v) is 19.4. The van der Waals surface area contributed by atoms with Gasteiger partial charge < -0.3 is 21.1 Å². The molecule has 4 heterocycles. The fraction of sp³-hybridized carbons (Fsp3) is 0.478. The summed E-state index contributed by atoms with van der Waals surface area (Å²) < 4.78 is 3.46. The molecule has 2 amide bonds. The molecule has 0 aromatic carbocycles. The molecule has 0 bridgehead atoms. The standard InChI is InChI=1S/C23H31N7O3/c1-5-14-12-29(22(32)23(2,3)33)7-6-18(14)27-20-17(21(24)31)10-26-30-13-15(8-19(20)30)16-9-25-28(4)11-16/h8-11,13-14,18,27,33H,5-7,12H2,1-4H3,(H2,24,31)/t14-,18+/m0/s1. The van der Waals surface area contributed by atoms with Crippen molar-refractivity contribution in [2.24, 2.45) is 18.7 Å². The van der Waals surface area contributed by atoms with Gasteiger partial charge >= 0.3 is 0 Å². The Bertz CT molecular complexity index is 1190. The van der Waals surface area contributed by atoms with Gasteiger partial charge in [0.15, 0.2) is 0 Å². The van der Waals surface area contributed by atoms with E-state index in [4.69, 9.17) is 5.73 Å². The third-order valence-electron chi connectivity index (χ3n) is 6.34. The first kappa shape index (κ1) is 22.8. The average Bonchev–Trinajstić information content (AvgIpc) is 3.39. The number of nitrogens with two attached hydrogens (primary N) is 1. The van der Waals surface area contributed by atoms with Gasteiger partial charge in [-0.3, -0.25) is 14.3 Å². The minimum atomic E-state index is -1.40. The number of anilines is 1. The van der Waals surface area contributed by atoms with Gasteiger partial charge in [-0.2, -0.15) is 10.2 Å². The minimum absolute atomic E-state index is 0.0295. The van der Waals surface area contributed by atoms with Crippen molar-refractivity contribution >= 4 is 23.0 Å². The summed E-state index contributed by atoms with van der Waals surface area (Å²) in [6, 6.07) is 1.99. The number of nitrogens with one attached hydrogen (secondary N) is 1. The van der Waals surface area contributed by atoms with Crippen LogP contribution in [0.4, 0.5) is 5.69 Å². The Balaban J connectivity index is 1.67. The van der Waals surface area contributed by atoms with Gasteiger partial charge in [0.05, 0.1) is 29.2 Å². The van der Waals surface area contributed by atoms with Crippen LogP contribution in [0.15, 0.2) is 30.9 Å². The smallest absolute Gasteiger partial charge is 0.253 e. The van der Waals surface area contributed by atoms with Crippen LogP contribution in [-0.2, 0) is 11.8 Å². The molecule has 0 spiro atoms. The topological polar surface area (TPSA) is 131 Å². The lowest BCUT2D eigenvalue weighted by atomic mass is 9.88. The highest BCUT2D eigenvalue weighted by Crippen LogP contribution is 2.32. The monoisotopic (exact) mass is 453 g/mol. The number of primary amides is 1. The predicted octanol–water partition coefficient (Wildman–Crippen LogP) is 1.64. The van der Waals surface area contributed by atoms with Gasteiger partial charge in [0.2, 0.25) is 0 Å². The number of amides is 2. The molecule has 0 saturated carbocycles. The Kier molecular flexibility index (Phi) is 5.87. The van der Waals surface area contributed by atoms with E-state index in [2.05, 4.69) is 22.4 Å². The lowest BCUT2D eigenvalue weighted by molar-refractivity contribution is -0.149. The molecule has 10 heteroatoms. The van der Waals surface area contributed by atoms with E-state index >= 15 is 0 Å². The summed E-state index contributed by atoms with van der Waals surface area (Å²) in [5, 5.41) is 22.3. The van der Waals surface area contributed by atoms with Gasteiger partial charge in [-0.15, -0.1) is 0 Å². The lowest BCUT2D eigenvalue weighted by Gasteiger charge is -2.41. The molecule has 0 unspecified atom stereocenters. The van der Waals surface area contributed by atoms with E-state index in [9.17, 15) is 14.7 Å². The number of carbonyl (C=O) groups is 2. The minimum Gasteiger partial charge on any atom is -0.381 e. The normalized spacial score (nSPS) is 19.1. The molecule has 1 aliphatic heterocycles. The summed E-state index contributed by atoms with van der Waals surface area (Å²) in [6.45, 7) is 6.16. The highest BCUT2D eigenvalue weighted by Gasteiger charge is 2.36. The average molecular weight is 454 g/mol. The highest BCUT2D eigenvalue weighted by molar-refractivity contribution is 6.02. The maximum Gasteiger partial charge on any atom is 0.253 e. The van der Waals surface area contributed by atoms with Crippen LogP contribution < -0.4 is 11.1 Å². The largest absolute Gasteiger partial charge is 0.381 e. The Morgan fingerprint density at radius 3 is 2.61 bits per heavy atom. The summed E-state index contributed by atoms with van der Waals surface area (Å²) in [5.74, 6) is -0.678. The lowest BCUT2D eigenvalue weighted by Crippen LogP contribution is -2.53. The van der Waals surface area contributed by atoms with Crippen molar-refractivity contribution in [3.8, 4) is 11.1 Å². The van der Waals surface area contributed by atoms with Crippen LogP contribution in [-0.4, -0.2) is 65.9 Å². The van der Waals surface area contributed by atoms with Crippen LogP contribution in [0.5, 0.6) is 0 Å². The molecule has 1 saturated heterocycles. The van der Waals surface area contributed by atoms with Gasteiger partial charge in [-0.05, 0) is 38.7 Å². The van der Waals surface area contributed by atoms with E-state index in [0.29, 0.717) is 30.8 Å². The number of aliphatic hydroxyl groups is 1. The van der Waals surface area contributed by atoms with Gasteiger partial charge in [0, 0.05) is 49.7 Å². The van der Waals surface area contributed by atoms with Crippen molar-refractivity contribution in [1.82, 2.24) is 24.3 Å². The van der Waals surface area contributed by atoms with Crippen molar-refractivity contribution in [3.05, 3.63) is 36.4 Å². The number of fused-ring (bicyclic) bond motifs is 1. The summed E-state index contributed by atoms with van der Waals surface area (Å²) in [4.78, 5) is 26.5. The van der Waals surface area contributed by atoms with Gasteiger partial charge in [-0.25, -0.2) is 4.52 Å². The number of aryl methyl sites for hydroxylation is 1. The zero-order valence-electron chi connectivity index (χ0n) is 19.4. The first-order chi connectivity index (χ1) is 15.6. The van der Waals surface area contributed by atoms with Crippen LogP contribution >= 0.6 is 0 Å². The van der Waals surface area contributed by atoms with Gasteiger partial charge in [0.1, 0.15) is 5.60 Å². The Hall–Kier alpha value is -3.40. The summed E-state index contributed by atoms with van der Waals surface area (Å²) >= 11 is 0. The molecule has 33 heavy (non-hydrogen) atoms. The number of piperidine rings is 1. The van der Waals surface area contributed by atoms with Crippen molar-refractivity contribution in [2.45, 2.75) is 45.3 Å². The van der Waals surface area contributed by atoms with E-state index in [1.54, 1.807) is 20.3 Å². The molecule has 4 rings (SSSR count). The van der Waals surface area contributed by atoms with Crippen LogP contribution in [0.2, 0.25) is 0 Å². The maximum absolute atomic E-state index is 12.6. The first-order valence-corrected chi connectivity index (χ1v) is 11.2. The second kappa shape index (κ2) is 8.51. The fourth-order valence-electron chi connectivity index (χ4n) is 4.52. The third kappa shape index (κ3) is 4.43. The summed E-state index contributed by atoms with van der Waals surface area (Å²) in [7, 11) is 1.86. The predicted molar refractivity (Wildman–Crippen MR) is 125 cm³/mol. The molecule has 176 valence electrons. The van der Waals surface area contributed by atoms with E-state index in [-0.39, 0.29) is 17.9 Å². The Morgan fingerprint density at radius 1 is 1.24 bits per heavy atom. The van der Waals surface area contributed by atoms with E-state index in [1.165, 1.54) is 20.0 Å². The molecular weight excluding hydrogens is 422 g/mol. The molecule has 2 atom stereocenters. The highest BCUT2D eigenvalue weighted by atomic mass is 16.3. The summed E-state index contributed by atoms with van der Waals surface area (Å²) in [6.07, 6.45) is 8.59. The van der Waals surface area contributed by atoms with Crippen LogP contribution in [0, 0.1) is 5.92 Å². The van der Waals surface area contributed by atoms with E-state index in [0.717, 1.165) is 23.1 Å². The van der Waals surface area contributed by atoms with Crippen molar-refractivity contribution in [3.63, 3.8) is 0 Å². The molecule has 1 fully saturated rings. The van der Waals surface area contributed by atoms with Gasteiger partial charge in [-0.1, -0.05) is 6.92 Å². The second-order valence-corrected chi connectivity index (χ2v) is 9.28. The molecule has 10 nitrogen and oxygen atoms in total. The third-order valence-corrected chi connectivity index (χ3v) is 6.34. The van der Waals surface area contributed by atoms with Gasteiger partial charge in [0.25, 0.3) is 11.8 Å². The van der Waals surface area contributed by atoms with Crippen LogP contribution in [0.1, 0.15) is 44.0 Å². The van der Waals surface area contributed by atoms with Crippen LogP contribution in [0.3, 0.4) is 0 Å². The number of likely N-dealkylation sites (tertiary alicyclic amines) is 1. The SMILES string of the molecule is CC[C@H]1CN(C(=O)C(C)(C)O)CC[C@H]1Nc1c(C(N)=O)cnn2cc(-c3cnn(C)c3)cc12. The van der Waals surface area contributed by atoms with Crippen molar-refractivity contribution in [1.29, 1.82) is 0 Å². The number of hydrogen-bond donors (Lipinski definition) is 3. The number of carbonyl (C=O) groups excluding carboxylic acids is 2. The van der Waals surface area contributed by atoms with Crippen molar-refractivity contribution < 1.29 is 14.7 Å². The number of hydrogen-bond acceptors (Lipinski definition) is 6. The quantitative estimate of drug-likeness (QED) is 0.520. The maximum atomic E-state index is 12.6. The number of aromatic nitrogens is 4. The van der Waals surface area contributed by atoms with Crippen molar-refractivity contribution in [2.75, 3.05) is 18.4 Å². The number of nitrogens with zero attached hydrogens (tertiary/aromatic N) is 5. The van der Waals surface area contributed by atoms with Crippen LogP contribution in [0.25, 0.3) is 16.6 Å². The zero-order chi connectivity index (χ0) is 23.9. The molecule has 1 aliphatic rings. The molecular formula is C23H31N7O3. The second-order valence-electron chi connectivity index (χ2n) is 9.28. The Labute approximate surface area is 192 Å². The molecule has 3 aromatic rings. The molecule has 4 N–H and O–H groups in total. The Morgan fingerprint density at radius 2 is 2.00 bits per heavy atom. The van der Waals surface area contributed by atoms with E-state index < -0.39 is 11.5 Å². The summed E-state index contributed by atoms with van der Waals surface area (Å²) in [5.41, 5.74) is 7.87. The first-order valence-electron chi connectivity index (χ1n) is 11.2. The fourth-order valence-corrected chi connectivity index (χ4v) is 4.52. The molecule has 0 aliphatic carbocycles.